The quantitative estimate of drug-likeness (QED) is 0.551. The van der Waals surface area contributed by atoms with Gasteiger partial charge in [0.1, 0.15) is 0 Å². The fourth-order valence-electron chi connectivity index (χ4n) is 1.36. The Kier molecular flexibility index (Phi) is 2.09. The molecule has 1 heterocycles. The zero-order valence-electron chi connectivity index (χ0n) is 6.17. The number of aliphatic hydroxyl groups excluding tert-OH is 1. The van der Waals surface area contributed by atoms with E-state index >= 15 is 0 Å². The van der Waals surface area contributed by atoms with Crippen molar-refractivity contribution in [1.82, 2.24) is 4.90 Å². The van der Waals surface area contributed by atoms with E-state index in [2.05, 4.69) is 11.9 Å². The van der Waals surface area contributed by atoms with Crippen LogP contribution in [0.15, 0.2) is 0 Å². The predicted molar refractivity (Wildman–Crippen MR) is 37.3 cm³/mol. The van der Waals surface area contributed by atoms with Crippen molar-refractivity contribution in [2.24, 2.45) is 5.92 Å². The highest BCUT2D eigenvalue weighted by Crippen LogP contribution is 2.17. The summed E-state index contributed by atoms with van der Waals surface area (Å²) in [6, 6.07) is 0. The standard InChI is InChI=1S/C7H15NO/c1-6(9)7-3-4-8(2)5-7/h6-7,9H,3-5H2,1-2H3. The van der Waals surface area contributed by atoms with Gasteiger partial charge in [0.25, 0.3) is 0 Å². The molecule has 1 saturated heterocycles. The van der Waals surface area contributed by atoms with Crippen LogP contribution in [-0.2, 0) is 0 Å². The van der Waals surface area contributed by atoms with Crippen molar-refractivity contribution in [3.05, 3.63) is 0 Å². The Morgan fingerprint density at radius 1 is 1.67 bits per heavy atom. The molecule has 0 aromatic rings. The fourth-order valence-corrected chi connectivity index (χ4v) is 1.36. The van der Waals surface area contributed by atoms with Crippen molar-refractivity contribution < 1.29 is 5.11 Å². The summed E-state index contributed by atoms with van der Waals surface area (Å²) in [6.45, 7) is 4.09. The lowest BCUT2D eigenvalue weighted by Crippen LogP contribution is -2.20. The molecule has 1 aliphatic rings. The average Bonchev–Trinajstić information content (AvgIpc) is 2.14. The van der Waals surface area contributed by atoms with E-state index in [0.29, 0.717) is 5.92 Å². The van der Waals surface area contributed by atoms with E-state index in [1.165, 1.54) is 0 Å². The van der Waals surface area contributed by atoms with Gasteiger partial charge in [0.05, 0.1) is 6.10 Å². The Balaban J connectivity index is 2.30. The van der Waals surface area contributed by atoms with Gasteiger partial charge >= 0.3 is 0 Å². The van der Waals surface area contributed by atoms with Crippen molar-refractivity contribution in [3.8, 4) is 0 Å². The lowest BCUT2D eigenvalue weighted by molar-refractivity contribution is 0.130. The van der Waals surface area contributed by atoms with Crippen molar-refractivity contribution in [2.45, 2.75) is 19.4 Å². The largest absolute Gasteiger partial charge is 0.393 e. The molecule has 2 heteroatoms. The number of hydrogen-bond donors (Lipinski definition) is 1. The van der Waals surface area contributed by atoms with Crippen LogP contribution in [0.25, 0.3) is 0 Å². The third-order valence-corrected chi connectivity index (χ3v) is 2.11. The summed E-state index contributed by atoms with van der Waals surface area (Å²) < 4.78 is 0. The first kappa shape index (κ1) is 7.03. The van der Waals surface area contributed by atoms with E-state index in [-0.39, 0.29) is 6.10 Å². The maximum atomic E-state index is 9.14. The van der Waals surface area contributed by atoms with Gasteiger partial charge in [-0.2, -0.15) is 0 Å². The van der Waals surface area contributed by atoms with Crippen molar-refractivity contribution in [2.75, 3.05) is 20.1 Å². The zero-order valence-corrected chi connectivity index (χ0v) is 6.17. The van der Waals surface area contributed by atoms with Gasteiger partial charge in [0, 0.05) is 6.54 Å². The molecule has 0 radical (unpaired) electrons. The number of rotatable bonds is 1. The summed E-state index contributed by atoms with van der Waals surface area (Å²) >= 11 is 0. The van der Waals surface area contributed by atoms with Crippen LogP contribution in [0.5, 0.6) is 0 Å². The van der Waals surface area contributed by atoms with Gasteiger partial charge in [-0.15, -0.1) is 0 Å². The van der Waals surface area contributed by atoms with Gasteiger partial charge in [0.2, 0.25) is 0 Å². The molecule has 2 unspecified atom stereocenters. The molecular formula is C7H15NO. The van der Waals surface area contributed by atoms with Crippen LogP contribution >= 0.6 is 0 Å². The second kappa shape index (κ2) is 2.67. The lowest BCUT2D eigenvalue weighted by Gasteiger charge is -2.12. The Labute approximate surface area is 56.5 Å². The summed E-state index contributed by atoms with van der Waals surface area (Å²) in [6.07, 6.45) is 1.05. The van der Waals surface area contributed by atoms with E-state index < -0.39 is 0 Å². The Hall–Kier alpha value is -0.0800. The molecular weight excluding hydrogens is 114 g/mol. The molecule has 0 aliphatic carbocycles. The van der Waals surface area contributed by atoms with Gasteiger partial charge in [-0.3, -0.25) is 0 Å². The second-order valence-electron chi connectivity index (χ2n) is 3.05. The minimum atomic E-state index is -0.116. The summed E-state index contributed by atoms with van der Waals surface area (Å²) in [5.41, 5.74) is 0. The molecule has 1 rings (SSSR count). The fraction of sp³-hybridized carbons (Fsp3) is 1.00. The van der Waals surface area contributed by atoms with E-state index in [1.807, 2.05) is 6.92 Å². The summed E-state index contributed by atoms with van der Waals surface area (Å²) in [5, 5.41) is 9.14. The zero-order chi connectivity index (χ0) is 6.85. The van der Waals surface area contributed by atoms with Crippen LogP contribution in [0, 0.1) is 5.92 Å². The highest BCUT2D eigenvalue weighted by atomic mass is 16.3. The third-order valence-electron chi connectivity index (χ3n) is 2.11. The van der Waals surface area contributed by atoms with E-state index in [9.17, 15) is 0 Å². The monoisotopic (exact) mass is 129 g/mol. The summed E-state index contributed by atoms with van der Waals surface area (Å²) in [4.78, 5) is 2.26. The van der Waals surface area contributed by atoms with Gasteiger partial charge in [-0.25, -0.2) is 0 Å². The molecule has 0 bridgehead atoms. The van der Waals surface area contributed by atoms with E-state index in [4.69, 9.17) is 5.11 Å². The van der Waals surface area contributed by atoms with Gasteiger partial charge < -0.3 is 10.0 Å². The normalized spacial score (nSPS) is 33.0. The first-order valence-corrected chi connectivity index (χ1v) is 3.57. The highest BCUT2D eigenvalue weighted by Gasteiger charge is 2.22. The topological polar surface area (TPSA) is 23.5 Å². The molecule has 0 aromatic carbocycles. The van der Waals surface area contributed by atoms with Crippen LogP contribution in [0.4, 0.5) is 0 Å². The first-order chi connectivity index (χ1) is 4.20. The van der Waals surface area contributed by atoms with Crippen molar-refractivity contribution >= 4 is 0 Å². The maximum Gasteiger partial charge on any atom is 0.0552 e. The van der Waals surface area contributed by atoms with Crippen LogP contribution in [0.1, 0.15) is 13.3 Å². The molecule has 1 fully saturated rings. The minimum Gasteiger partial charge on any atom is -0.393 e. The lowest BCUT2D eigenvalue weighted by atomic mass is 10.0. The van der Waals surface area contributed by atoms with E-state index in [0.717, 1.165) is 19.5 Å². The molecule has 2 nitrogen and oxygen atoms in total. The van der Waals surface area contributed by atoms with Gasteiger partial charge in [-0.05, 0) is 32.9 Å². The minimum absolute atomic E-state index is 0.116. The van der Waals surface area contributed by atoms with Crippen LogP contribution in [0.3, 0.4) is 0 Å². The molecule has 0 saturated carbocycles. The third kappa shape index (κ3) is 1.66. The van der Waals surface area contributed by atoms with Crippen LogP contribution in [0.2, 0.25) is 0 Å². The Morgan fingerprint density at radius 3 is 2.56 bits per heavy atom. The second-order valence-corrected chi connectivity index (χ2v) is 3.05. The van der Waals surface area contributed by atoms with Crippen molar-refractivity contribution in [3.63, 3.8) is 0 Å². The smallest absolute Gasteiger partial charge is 0.0552 e. The molecule has 1 N–H and O–H groups in total. The number of aliphatic hydroxyl groups is 1. The maximum absolute atomic E-state index is 9.14. The number of likely N-dealkylation sites (tertiary alicyclic amines) is 1. The molecule has 1 aliphatic heterocycles. The summed E-state index contributed by atoms with van der Waals surface area (Å²) in [5.74, 6) is 0.523. The first-order valence-electron chi connectivity index (χ1n) is 3.57. The SMILES string of the molecule is CC(O)C1CCN(C)C1. The summed E-state index contributed by atoms with van der Waals surface area (Å²) in [7, 11) is 2.10. The van der Waals surface area contributed by atoms with Crippen molar-refractivity contribution in [1.29, 1.82) is 0 Å². The van der Waals surface area contributed by atoms with E-state index in [1.54, 1.807) is 0 Å². The Bertz CT molecular complexity index is 92.9. The molecule has 0 aromatic heterocycles. The number of nitrogens with zero attached hydrogens (tertiary/aromatic N) is 1. The van der Waals surface area contributed by atoms with Gasteiger partial charge in [0.15, 0.2) is 0 Å². The highest BCUT2D eigenvalue weighted by molar-refractivity contribution is 4.76. The molecule has 0 spiro atoms. The molecule has 54 valence electrons. The van der Waals surface area contributed by atoms with Gasteiger partial charge in [-0.1, -0.05) is 0 Å². The number of hydrogen-bond acceptors (Lipinski definition) is 2. The van der Waals surface area contributed by atoms with Crippen LogP contribution in [-0.4, -0.2) is 36.2 Å². The average molecular weight is 129 g/mol. The van der Waals surface area contributed by atoms with Crippen LogP contribution < -0.4 is 0 Å². The molecule has 9 heavy (non-hydrogen) atoms. The molecule has 2 atom stereocenters. The predicted octanol–water partition coefficient (Wildman–Crippen LogP) is 0.319. The molecule has 0 amide bonds. The Morgan fingerprint density at radius 2 is 2.33 bits per heavy atom.